The Balaban J connectivity index is 2.29. The molecule has 4 nitrogen and oxygen atoms in total. The molecule has 4 heteroatoms. The second-order valence-electron chi connectivity index (χ2n) is 4.97. The zero-order valence-electron chi connectivity index (χ0n) is 12.5. The minimum Gasteiger partial charge on any atom is -0.462 e. The van der Waals surface area contributed by atoms with Crippen LogP contribution in [-0.2, 0) is 4.74 Å². The summed E-state index contributed by atoms with van der Waals surface area (Å²) in [6.07, 6.45) is 3.36. The van der Waals surface area contributed by atoms with Crippen LogP contribution in [0.4, 0.5) is 0 Å². The van der Waals surface area contributed by atoms with Crippen molar-refractivity contribution in [1.29, 1.82) is 0 Å². The van der Waals surface area contributed by atoms with Crippen LogP contribution in [0.1, 0.15) is 23.0 Å². The van der Waals surface area contributed by atoms with Gasteiger partial charge in [0, 0.05) is 34.6 Å². The van der Waals surface area contributed by atoms with Crippen molar-refractivity contribution in [3.05, 3.63) is 60.0 Å². The Kier molecular flexibility index (Phi) is 3.83. The highest BCUT2D eigenvalue weighted by Crippen LogP contribution is 2.31. The summed E-state index contributed by atoms with van der Waals surface area (Å²) in [6, 6.07) is 11.6. The molecule has 0 saturated heterocycles. The van der Waals surface area contributed by atoms with Crippen molar-refractivity contribution in [2.75, 3.05) is 6.61 Å². The predicted molar refractivity (Wildman–Crippen MR) is 85.7 cm³/mol. The molecule has 2 heterocycles. The second kappa shape index (κ2) is 5.93. The summed E-state index contributed by atoms with van der Waals surface area (Å²) in [5, 5.41) is 0.915. The quantitative estimate of drug-likeness (QED) is 0.689. The average molecular weight is 292 g/mol. The van der Waals surface area contributed by atoms with Crippen molar-refractivity contribution in [1.82, 2.24) is 9.97 Å². The summed E-state index contributed by atoms with van der Waals surface area (Å²) < 4.78 is 5.16. The van der Waals surface area contributed by atoms with Gasteiger partial charge in [0.15, 0.2) is 0 Å². The topological polar surface area (TPSA) is 52.1 Å². The van der Waals surface area contributed by atoms with Crippen LogP contribution < -0.4 is 0 Å². The molecule has 0 unspecified atom stereocenters. The first kappa shape index (κ1) is 14.2. The first-order chi connectivity index (χ1) is 10.7. The number of hydrogen-bond donors (Lipinski definition) is 0. The molecule has 3 rings (SSSR count). The van der Waals surface area contributed by atoms with Gasteiger partial charge in [-0.1, -0.05) is 24.3 Å². The fraction of sp³-hybridized carbons (Fsp3) is 0.167. The van der Waals surface area contributed by atoms with Crippen LogP contribution in [0.25, 0.3) is 22.0 Å². The van der Waals surface area contributed by atoms with Gasteiger partial charge in [-0.05, 0) is 26.0 Å². The molecule has 2 aromatic heterocycles. The summed E-state index contributed by atoms with van der Waals surface area (Å²) in [5.74, 6) is -0.365. The molecule has 0 saturated carbocycles. The Hall–Kier alpha value is -2.75. The molecule has 0 amide bonds. The van der Waals surface area contributed by atoms with Crippen LogP contribution in [0.2, 0.25) is 0 Å². The van der Waals surface area contributed by atoms with E-state index in [9.17, 15) is 4.79 Å². The third kappa shape index (κ3) is 2.55. The van der Waals surface area contributed by atoms with Crippen LogP contribution in [0.15, 0.2) is 48.8 Å². The Morgan fingerprint density at radius 2 is 1.91 bits per heavy atom. The van der Waals surface area contributed by atoms with E-state index in [0.717, 1.165) is 27.7 Å². The van der Waals surface area contributed by atoms with Crippen LogP contribution in [0.3, 0.4) is 0 Å². The maximum Gasteiger partial charge on any atom is 0.340 e. The van der Waals surface area contributed by atoms with Crippen LogP contribution in [0, 0.1) is 6.92 Å². The molecule has 0 aliphatic carbocycles. The first-order valence-corrected chi connectivity index (χ1v) is 7.18. The van der Waals surface area contributed by atoms with Crippen molar-refractivity contribution in [2.24, 2.45) is 0 Å². The SMILES string of the molecule is CCOC(=O)c1cnc2ccccc2c1-c1ccc(C)nc1. The number of ether oxygens (including phenoxy) is 1. The minimum atomic E-state index is -0.365. The largest absolute Gasteiger partial charge is 0.462 e. The lowest BCUT2D eigenvalue weighted by atomic mass is 9.97. The van der Waals surface area contributed by atoms with Crippen molar-refractivity contribution < 1.29 is 9.53 Å². The van der Waals surface area contributed by atoms with Gasteiger partial charge in [0.2, 0.25) is 0 Å². The lowest BCUT2D eigenvalue weighted by molar-refractivity contribution is 0.0527. The second-order valence-corrected chi connectivity index (χ2v) is 4.97. The molecule has 3 aromatic rings. The number of fused-ring (bicyclic) bond motifs is 1. The molecule has 0 N–H and O–H groups in total. The molecule has 0 radical (unpaired) electrons. The molecule has 1 aromatic carbocycles. The lowest BCUT2D eigenvalue weighted by Crippen LogP contribution is -2.07. The van der Waals surface area contributed by atoms with Gasteiger partial charge in [0.05, 0.1) is 17.7 Å². The van der Waals surface area contributed by atoms with E-state index in [1.165, 1.54) is 0 Å². The van der Waals surface area contributed by atoms with E-state index in [1.807, 2.05) is 43.3 Å². The molecule has 0 bridgehead atoms. The maximum atomic E-state index is 12.3. The predicted octanol–water partition coefficient (Wildman–Crippen LogP) is 3.78. The van der Waals surface area contributed by atoms with Crippen molar-refractivity contribution >= 4 is 16.9 Å². The normalized spacial score (nSPS) is 10.6. The number of carbonyl (C=O) groups is 1. The minimum absolute atomic E-state index is 0.331. The van der Waals surface area contributed by atoms with Crippen LogP contribution in [-0.4, -0.2) is 22.5 Å². The van der Waals surface area contributed by atoms with Gasteiger partial charge in [0.25, 0.3) is 0 Å². The Morgan fingerprint density at radius 1 is 1.09 bits per heavy atom. The Bertz CT molecular complexity index is 826. The van der Waals surface area contributed by atoms with E-state index in [1.54, 1.807) is 19.3 Å². The number of para-hydroxylation sites is 1. The zero-order valence-corrected chi connectivity index (χ0v) is 12.5. The summed E-state index contributed by atoms with van der Waals surface area (Å²) in [6.45, 7) is 4.05. The highest BCUT2D eigenvalue weighted by atomic mass is 16.5. The number of rotatable bonds is 3. The molecular formula is C18H16N2O2. The van der Waals surface area contributed by atoms with Gasteiger partial charge in [-0.15, -0.1) is 0 Å². The summed E-state index contributed by atoms with van der Waals surface area (Å²) in [4.78, 5) is 21.0. The number of nitrogens with zero attached hydrogens (tertiary/aromatic N) is 2. The van der Waals surface area contributed by atoms with Crippen molar-refractivity contribution in [3.8, 4) is 11.1 Å². The maximum absolute atomic E-state index is 12.3. The van der Waals surface area contributed by atoms with E-state index < -0.39 is 0 Å². The smallest absolute Gasteiger partial charge is 0.340 e. The fourth-order valence-electron chi connectivity index (χ4n) is 2.43. The zero-order chi connectivity index (χ0) is 15.5. The standard InChI is InChI=1S/C18H16N2O2/c1-3-22-18(21)15-11-20-16-7-5-4-6-14(16)17(15)13-9-8-12(2)19-10-13/h4-11H,3H2,1-2H3. The Morgan fingerprint density at radius 3 is 2.64 bits per heavy atom. The Labute approximate surface area is 128 Å². The van der Waals surface area contributed by atoms with E-state index in [-0.39, 0.29) is 5.97 Å². The van der Waals surface area contributed by atoms with Gasteiger partial charge in [-0.25, -0.2) is 4.79 Å². The molecule has 0 fully saturated rings. The molecule has 0 aliphatic heterocycles. The monoisotopic (exact) mass is 292 g/mol. The number of esters is 1. The van der Waals surface area contributed by atoms with Gasteiger partial charge in [0.1, 0.15) is 0 Å². The highest BCUT2D eigenvalue weighted by Gasteiger charge is 2.18. The van der Waals surface area contributed by atoms with Crippen molar-refractivity contribution in [2.45, 2.75) is 13.8 Å². The molecule has 0 atom stereocenters. The fourth-order valence-corrected chi connectivity index (χ4v) is 2.43. The summed E-state index contributed by atoms with van der Waals surface area (Å²) >= 11 is 0. The van der Waals surface area contributed by atoms with E-state index in [0.29, 0.717) is 12.2 Å². The number of benzene rings is 1. The third-order valence-electron chi connectivity index (χ3n) is 3.47. The number of hydrogen-bond acceptors (Lipinski definition) is 4. The number of carbonyl (C=O) groups excluding carboxylic acids is 1. The summed E-state index contributed by atoms with van der Waals surface area (Å²) in [7, 11) is 0. The number of aryl methyl sites for hydroxylation is 1. The van der Waals surface area contributed by atoms with E-state index in [4.69, 9.17) is 4.74 Å². The first-order valence-electron chi connectivity index (χ1n) is 7.18. The summed E-state index contributed by atoms with van der Waals surface area (Å²) in [5.41, 5.74) is 3.93. The lowest BCUT2D eigenvalue weighted by Gasteiger charge is -2.12. The number of aromatic nitrogens is 2. The molecule has 110 valence electrons. The van der Waals surface area contributed by atoms with Gasteiger partial charge in [-0.2, -0.15) is 0 Å². The van der Waals surface area contributed by atoms with Crippen molar-refractivity contribution in [3.63, 3.8) is 0 Å². The third-order valence-corrected chi connectivity index (χ3v) is 3.47. The number of pyridine rings is 2. The van der Waals surface area contributed by atoms with Gasteiger partial charge in [-0.3, -0.25) is 9.97 Å². The molecule has 22 heavy (non-hydrogen) atoms. The molecule has 0 spiro atoms. The van der Waals surface area contributed by atoms with E-state index in [2.05, 4.69) is 9.97 Å². The van der Waals surface area contributed by atoms with E-state index >= 15 is 0 Å². The van der Waals surface area contributed by atoms with Gasteiger partial charge >= 0.3 is 5.97 Å². The van der Waals surface area contributed by atoms with Gasteiger partial charge < -0.3 is 4.74 Å². The highest BCUT2D eigenvalue weighted by molar-refractivity contribution is 6.06. The molecular weight excluding hydrogens is 276 g/mol. The van der Waals surface area contributed by atoms with Crippen LogP contribution in [0.5, 0.6) is 0 Å². The van der Waals surface area contributed by atoms with Crippen LogP contribution >= 0.6 is 0 Å². The molecule has 0 aliphatic rings. The average Bonchev–Trinajstić information content (AvgIpc) is 2.55.